The van der Waals surface area contributed by atoms with Crippen LogP contribution in [0.4, 0.5) is 0 Å². The summed E-state index contributed by atoms with van der Waals surface area (Å²) in [5.41, 5.74) is 8.67. The van der Waals surface area contributed by atoms with Crippen molar-refractivity contribution >= 4 is 39.5 Å². The molecule has 1 heterocycles. The molecule has 29 heavy (non-hydrogen) atoms. The molecule has 0 unspecified atom stereocenters. The molecule has 0 aliphatic rings. The van der Waals surface area contributed by atoms with Crippen molar-refractivity contribution in [2.45, 2.75) is 24.8 Å². The van der Waals surface area contributed by atoms with Gasteiger partial charge in [-0.3, -0.25) is 20.4 Å². The molecule has 0 saturated carbocycles. The minimum absolute atomic E-state index is 0.387. The molecule has 148 valence electrons. The summed E-state index contributed by atoms with van der Waals surface area (Å²) >= 11 is 4.86. The molecule has 8 heteroatoms. The van der Waals surface area contributed by atoms with Crippen molar-refractivity contribution in [1.82, 2.24) is 20.8 Å². The molecule has 0 spiro atoms. The summed E-state index contributed by atoms with van der Waals surface area (Å²) in [6.07, 6.45) is 0. The Kier molecular flexibility index (Phi) is 7.00. The Bertz CT molecular complexity index is 1020. The fraction of sp³-hybridized carbons (Fsp3) is 0.143. The molecule has 0 bridgehead atoms. The number of halogens is 1. The highest BCUT2D eigenvalue weighted by molar-refractivity contribution is 9.10. The molecule has 3 aromatic rings. The van der Waals surface area contributed by atoms with Gasteiger partial charge in [-0.15, -0.1) is 0 Å². The van der Waals surface area contributed by atoms with Crippen molar-refractivity contribution in [1.29, 1.82) is 0 Å². The average molecular weight is 471 g/mol. The van der Waals surface area contributed by atoms with Crippen LogP contribution in [0.25, 0.3) is 0 Å². The number of carbonyl (C=O) groups is 2. The number of amides is 2. The van der Waals surface area contributed by atoms with Crippen LogP contribution in [0.3, 0.4) is 0 Å². The van der Waals surface area contributed by atoms with Gasteiger partial charge < -0.3 is 0 Å². The fourth-order valence-electron chi connectivity index (χ4n) is 2.56. The Morgan fingerprint density at radius 2 is 1.55 bits per heavy atom. The Labute approximate surface area is 181 Å². The Hall–Kier alpha value is -2.71. The second kappa shape index (κ2) is 9.67. The number of nitrogens with one attached hydrogen (secondary N) is 2. The van der Waals surface area contributed by atoms with Gasteiger partial charge in [0.25, 0.3) is 11.8 Å². The van der Waals surface area contributed by atoms with Gasteiger partial charge in [-0.2, -0.15) is 0 Å². The number of hydrogen-bond donors (Lipinski definition) is 2. The van der Waals surface area contributed by atoms with E-state index in [4.69, 9.17) is 0 Å². The molecule has 3 rings (SSSR count). The zero-order valence-corrected chi connectivity index (χ0v) is 18.3. The van der Waals surface area contributed by atoms with Crippen LogP contribution in [-0.2, 0) is 5.75 Å². The quantitative estimate of drug-likeness (QED) is 0.331. The van der Waals surface area contributed by atoms with E-state index in [1.807, 2.05) is 38.1 Å². The van der Waals surface area contributed by atoms with E-state index in [1.54, 1.807) is 42.1 Å². The lowest BCUT2D eigenvalue weighted by Crippen LogP contribution is -2.41. The smallest absolute Gasteiger partial charge is 0.267 e. The molecule has 0 fully saturated rings. The van der Waals surface area contributed by atoms with Gasteiger partial charge in [-0.05, 0) is 65.7 Å². The van der Waals surface area contributed by atoms with Crippen LogP contribution in [0.2, 0.25) is 0 Å². The number of aromatic nitrogens is 2. The topological polar surface area (TPSA) is 84.0 Å². The second-order valence-electron chi connectivity index (χ2n) is 6.31. The molecule has 0 atom stereocenters. The lowest BCUT2D eigenvalue weighted by atomic mass is 10.1. The first-order valence-electron chi connectivity index (χ1n) is 8.81. The monoisotopic (exact) mass is 470 g/mol. The molecule has 6 nitrogen and oxygen atoms in total. The summed E-state index contributed by atoms with van der Waals surface area (Å²) < 4.78 is 0.654. The third-order valence-electron chi connectivity index (χ3n) is 3.95. The Balaban J connectivity index is 1.54. The van der Waals surface area contributed by atoms with E-state index in [9.17, 15) is 9.59 Å². The van der Waals surface area contributed by atoms with Crippen LogP contribution in [0.15, 0.2) is 64.2 Å². The van der Waals surface area contributed by atoms with E-state index in [-0.39, 0.29) is 5.91 Å². The van der Waals surface area contributed by atoms with Crippen LogP contribution in [0, 0.1) is 13.8 Å². The standard InChI is InChI=1S/C21H19BrN4O2S/c1-13-11-14(2)24-21(23-13)29-12-15-7-9-16(10-8-15)19(27)25-26-20(28)17-5-3-4-6-18(17)22/h3-11H,12H2,1-2H3,(H,25,27)(H,26,28). The van der Waals surface area contributed by atoms with Gasteiger partial charge in [0.2, 0.25) is 0 Å². The van der Waals surface area contributed by atoms with E-state index in [1.165, 1.54) is 0 Å². The van der Waals surface area contributed by atoms with Crippen molar-refractivity contribution in [2.75, 3.05) is 0 Å². The first-order chi connectivity index (χ1) is 13.9. The van der Waals surface area contributed by atoms with Crippen molar-refractivity contribution < 1.29 is 9.59 Å². The zero-order valence-electron chi connectivity index (χ0n) is 15.9. The van der Waals surface area contributed by atoms with Gasteiger partial charge in [0.05, 0.1) is 5.56 Å². The highest BCUT2D eigenvalue weighted by atomic mass is 79.9. The summed E-state index contributed by atoms with van der Waals surface area (Å²) in [5, 5.41) is 0.735. The Morgan fingerprint density at radius 1 is 0.931 bits per heavy atom. The van der Waals surface area contributed by atoms with Gasteiger partial charge in [0, 0.05) is 27.2 Å². The lowest BCUT2D eigenvalue weighted by molar-refractivity contribution is 0.0846. The number of benzene rings is 2. The maximum absolute atomic E-state index is 12.3. The molecule has 2 N–H and O–H groups in total. The van der Waals surface area contributed by atoms with Gasteiger partial charge in [0.15, 0.2) is 5.16 Å². The first-order valence-corrected chi connectivity index (χ1v) is 10.6. The predicted octanol–water partition coefficient (Wildman–Crippen LogP) is 4.22. The summed E-state index contributed by atoms with van der Waals surface area (Å²) in [6, 6.07) is 16.1. The van der Waals surface area contributed by atoms with Crippen molar-refractivity contribution in [3.8, 4) is 0 Å². The lowest BCUT2D eigenvalue weighted by Gasteiger charge is -2.09. The molecule has 0 aliphatic carbocycles. The summed E-state index contributed by atoms with van der Waals surface area (Å²) in [5.74, 6) is -0.0849. The molecule has 2 aromatic carbocycles. The minimum Gasteiger partial charge on any atom is -0.267 e. The van der Waals surface area contributed by atoms with E-state index in [2.05, 4.69) is 36.7 Å². The van der Waals surface area contributed by atoms with E-state index >= 15 is 0 Å². The van der Waals surface area contributed by atoms with Gasteiger partial charge in [-0.25, -0.2) is 9.97 Å². The number of thioether (sulfide) groups is 1. The van der Waals surface area contributed by atoms with Crippen LogP contribution in [0.5, 0.6) is 0 Å². The van der Waals surface area contributed by atoms with Gasteiger partial charge in [0.1, 0.15) is 0 Å². The molecule has 1 aromatic heterocycles. The van der Waals surface area contributed by atoms with Crippen LogP contribution < -0.4 is 10.9 Å². The maximum atomic E-state index is 12.3. The van der Waals surface area contributed by atoms with E-state index in [0.29, 0.717) is 21.4 Å². The summed E-state index contributed by atoms with van der Waals surface area (Å²) in [4.78, 5) is 33.2. The first kappa shape index (κ1) is 21.0. The normalized spacial score (nSPS) is 10.4. The van der Waals surface area contributed by atoms with Gasteiger partial charge >= 0.3 is 0 Å². The molecule has 2 amide bonds. The SMILES string of the molecule is Cc1cc(C)nc(SCc2ccc(C(=O)NNC(=O)c3ccccc3Br)cc2)n1. The number of hydrazine groups is 1. The van der Waals surface area contributed by atoms with Crippen molar-refractivity contribution in [3.05, 3.63) is 87.1 Å². The zero-order chi connectivity index (χ0) is 20.8. The molecular formula is C21H19BrN4O2S. The highest BCUT2D eigenvalue weighted by Crippen LogP contribution is 2.20. The van der Waals surface area contributed by atoms with Crippen molar-refractivity contribution in [3.63, 3.8) is 0 Å². The van der Waals surface area contributed by atoms with Gasteiger partial charge in [-0.1, -0.05) is 36.0 Å². The van der Waals surface area contributed by atoms with Crippen LogP contribution >= 0.6 is 27.7 Å². The predicted molar refractivity (Wildman–Crippen MR) is 117 cm³/mol. The molecular weight excluding hydrogens is 452 g/mol. The summed E-state index contributed by atoms with van der Waals surface area (Å²) in [7, 11) is 0. The Morgan fingerprint density at radius 3 is 2.21 bits per heavy atom. The number of carbonyl (C=O) groups excluding carboxylic acids is 2. The maximum Gasteiger partial charge on any atom is 0.270 e. The third kappa shape index (κ3) is 5.88. The highest BCUT2D eigenvalue weighted by Gasteiger charge is 2.11. The van der Waals surface area contributed by atoms with E-state index < -0.39 is 5.91 Å². The molecule has 0 aliphatic heterocycles. The third-order valence-corrected chi connectivity index (χ3v) is 5.56. The number of aryl methyl sites for hydroxylation is 2. The molecule has 0 radical (unpaired) electrons. The molecule has 0 saturated heterocycles. The van der Waals surface area contributed by atoms with Crippen LogP contribution in [0.1, 0.15) is 37.7 Å². The minimum atomic E-state index is -0.396. The largest absolute Gasteiger partial charge is 0.270 e. The average Bonchev–Trinajstić information content (AvgIpc) is 2.70. The van der Waals surface area contributed by atoms with Crippen LogP contribution in [-0.4, -0.2) is 21.8 Å². The fourth-order valence-corrected chi connectivity index (χ4v) is 3.93. The number of rotatable bonds is 5. The number of nitrogens with zero attached hydrogens (tertiary/aromatic N) is 2. The summed E-state index contributed by atoms with van der Waals surface area (Å²) in [6.45, 7) is 3.89. The van der Waals surface area contributed by atoms with E-state index in [0.717, 1.165) is 22.1 Å². The second-order valence-corrected chi connectivity index (χ2v) is 8.10. The number of hydrogen-bond acceptors (Lipinski definition) is 5. The van der Waals surface area contributed by atoms with Crippen molar-refractivity contribution in [2.24, 2.45) is 0 Å².